The summed E-state index contributed by atoms with van der Waals surface area (Å²) in [5.74, 6) is 0.902. The van der Waals surface area contributed by atoms with E-state index in [1.807, 2.05) is 48.5 Å². The van der Waals surface area contributed by atoms with E-state index in [1.165, 1.54) is 5.56 Å². The highest BCUT2D eigenvalue weighted by Gasteiger charge is 2.11. The highest BCUT2D eigenvalue weighted by molar-refractivity contribution is 5.86. The average Bonchev–Trinajstić information content (AvgIpc) is 2.99. The van der Waals surface area contributed by atoms with Crippen molar-refractivity contribution >= 4 is 11.2 Å². The lowest BCUT2D eigenvalue weighted by Crippen LogP contribution is -1.89. The molecule has 0 aliphatic carbocycles. The van der Waals surface area contributed by atoms with Gasteiger partial charge in [-0.25, -0.2) is 15.0 Å². The zero-order valence-corrected chi connectivity index (χ0v) is 11.9. The molecule has 4 rings (SSSR count). The van der Waals surface area contributed by atoms with Crippen molar-refractivity contribution in [1.82, 2.24) is 19.9 Å². The van der Waals surface area contributed by atoms with Crippen LogP contribution in [-0.2, 0) is 6.42 Å². The van der Waals surface area contributed by atoms with E-state index in [9.17, 15) is 0 Å². The molecule has 0 saturated heterocycles. The molecule has 0 aliphatic rings. The minimum Gasteiger partial charge on any atom is -0.339 e. The maximum absolute atomic E-state index is 4.59. The van der Waals surface area contributed by atoms with Gasteiger partial charge in [0.15, 0.2) is 5.65 Å². The molecule has 0 atom stereocenters. The minimum atomic E-state index is 0.708. The first-order valence-electron chi connectivity index (χ1n) is 7.19. The van der Waals surface area contributed by atoms with Gasteiger partial charge in [-0.2, -0.15) is 0 Å². The SMILES string of the molecule is c1ccc(Cc2nc3ncnc(-c4ccccc4)c3[nH]2)cc1. The van der Waals surface area contributed by atoms with Crippen LogP contribution in [0.3, 0.4) is 0 Å². The predicted molar refractivity (Wildman–Crippen MR) is 86.4 cm³/mol. The van der Waals surface area contributed by atoms with Crippen LogP contribution in [-0.4, -0.2) is 19.9 Å². The van der Waals surface area contributed by atoms with Gasteiger partial charge in [-0.3, -0.25) is 0 Å². The fraction of sp³-hybridized carbons (Fsp3) is 0.0556. The molecule has 0 amide bonds. The van der Waals surface area contributed by atoms with Gasteiger partial charge in [-0.1, -0.05) is 60.7 Å². The van der Waals surface area contributed by atoms with Crippen molar-refractivity contribution in [3.8, 4) is 11.3 Å². The number of hydrogen-bond donors (Lipinski definition) is 1. The summed E-state index contributed by atoms with van der Waals surface area (Å²) in [4.78, 5) is 16.7. The zero-order chi connectivity index (χ0) is 14.8. The molecule has 4 nitrogen and oxygen atoms in total. The van der Waals surface area contributed by atoms with Crippen LogP contribution in [0.2, 0.25) is 0 Å². The van der Waals surface area contributed by atoms with Crippen molar-refractivity contribution in [3.05, 3.63) is 78.4 Å². The van der Waals surface area contributed by atoms with Crippen LogP contribution in [0.5, 0.6) is 0 Å². The van der Waals surface area contributed by atoms with Gasteiger partial charge in [-0.15, -0.1) is 0 Å². The summed E-state index contributed by atoms with van der Waals surface area (Å²) < 4.78 is 0. The number of nitrogens with zero attached hydrogens (tertiary/aromatic N) is 3. The zero-order valence-electron chi connectivity index (χ0n) is 11.9. The van der Waals surface area contributed by atoms with Crippen LogP contribution < -0.4 is 0 Å². The second-order valence-corrected chi connectivity index (χ2v) is 5.13. The van der Waals surface area contributed by atoms with Gasteiger partial charge in [-0.05, 0) is 5.56 Å². The summed E-state index contributed by atoms with van der Waals surface area (Å²) >= 11 is 0. The Balaban J connectivity index is 1.78. The summed E-state index contributed by atoms with van der Waals surface area (Å²) in [6.45, 7) is 0. The largest absolute Gasteiger partial charge is 0.339 e. The van der Waals surface area contributed by atoms with Crippen LogP contribution in [0.15, 0.2) is 67.0 Å². The Morgan fingerprint density at radius 1 is 0.818 bits per heavy atom. The Labute approximate surface area is 127 Å². The third kappa shape index (κ3) is 2.35. The fourth-order valence-corrected chi connectivity index (χ4v) is 2.56. The second-order valence-electron chi connectivity index (χ2n) is 5.13. The number of fused-ring (bicyclic) bond motifs is 1. The monoisotopic (exact) mass is 286 g/mol. The lowest BCUT2D eigenvalue weighted by atomic mass is 10.1. The quantitative estimate of drug-likeness (QED) is 0.626. The smallest absolute Gasteiger partial charge is 0.181 e. The number of aromatic amines is 1. The van der Waals surface area contributed by atoms with E-state index in [4.69, 9.17) is 0 Å². The number of imidazole rings is 1. The first kappa shape index (κ1) is 12.7. The van der Waals surface area contributed by atoms with E-state index in [2.05, 4.69) is 32.1 Å². The van der Waals surface area contributed by atoms with E-state index >= 15 is 0 Å². The third-order valence-electron chi connectivity index (χ3n) is 3.60. The van der Waals surface area contributed by atoms with Gasteiger partial charge in [0.25, 0.3) is 0 Å². The normalized spacial score (nSPS) is 10.9. The molecule has 2 aromatic heterocycles. The second kappa shape index (κ2) is 5.41. The van der Waals surface area contributed by atoms with E-state index in [1.54, 1.807) is 6.33 Å². The summed E-state index contributed by atoms with van der Waals surface area (Å²) in [5, 5.41) is 0. The van der Waals surface area contributed by atoms with Gasteiger partial charge in [0.1, 0.15) is 17.7 Å². The van der Waals surface area contributed by atoms with Crippen molar-refractivity contribution < 1.29 is 0 Å². The molecule has 0 saturated carbocycles. The molecule has 4 aromatic rings. The average molecular weight is 286 g/mol. The minimum absolute atomic E-state index is 0.708. The lowest BCUT2D eigenvalue weighted by Gasteiger charge is -2.00. The summed E-state index contributed by atoms with van der Waals surface area (Å²) in [5.41, 5.74) is 4.76. The van der Waals surface area contributed by atoms with E-state index in [0.29, 0.717) is 5.65 Å². The van der Waals surface area contributed by atoms with Gasteiger partial charge >= 0.3 is 0 Å². The van der Waals surface area contributed by atoms with E-state index < -0.39 is 0 Å². The maximum atomic E-state index is 4.59. The van der Waals surface area contributed by atoms with E-state index in [-0.39, 0.29) is 0 Å². The Morgan fingerprint density at radius 2 is 1.55 bits per heavy atom. The number of H-pyrrole nitrogens is 1. The molecule has 0 fully saturated rings. The van der Waals surface area contributed by atoms with Crippen LogP contribution in [0.25, 0.3) is 22.4 Å². The molecule has 106 valence electrons. The number of nitrogens with one attached hydrogen (secondary N) is 1. The Morgan fingerprint density at radius 3 is 2.32 bits per heavy atom. The van der Waals surface area contributed by atoms with Crippen LogP contribution in [0.1, 0.15) is 11.4 Å². The first-order valence-corrected chi connectivity index (χ1v) is 7.19. The standard InChI is InChI=1S/C18H14N4/c1-3-7-13(8-4-1)11-15-21-17-16(14-9-5-2-6-10-14)19-12-20-18(17)22-15/h1-10,12H,11H2,(H,19,20,21,22). The highest BCUT2D eigenvalue weighted by Crippen LogP contribution is 2.23. The highest BCUT2D eigenvalue weighted by atomic mass is 15.0. The summed E-state index contributed by atoms with van der Waals surface area (Å²) in [7, 11) is 0. The molecule has 0 radical (unpaired) electrons. The van der Waals surface area contributed by atoms with Crippen molar-refractivity contribution in [3.63, 3.8) is 0 Å². The fourth-order valence-electron chi connectivity index (χ4n) is 2.56. The van der Waals surface area contributed by atoms with Gasteiger partial charge < -0.3 is 4.98 Å². The molecule has 0 unspecified atom stereocenters. The Bertz CT molecular complexity index is 898. The van der Waals surface area contributed by atoms with E-state index in [0.717, 1.165) is 29.0 Å². The molecule has 0 bridgehead atoms. The van der Waals surface area contributed by atoms with Gasteiger partial charge in [0.05, 0.1) is 5.69 Å². The molecular formula is C18H14N4. The van der Waals surface area contributed by atoms with Crippen LogP contribution in [0.4, 0.5) is 0 Å². The predicted octanol–water partition coefficient (Wildman–Crippen LogP) is 3.61. The lowest BCUT2D eigenvalue weighted by molar-refractivity contribution is 1.03. The van der Waals surface area contributed by atoms with Gasteiger partial charge in [0, 0.05) is 12.0 Å². The maximum Gasteiger partial charge on any atom is 0.181 e. The van der Waals surface area contributed by atoms with Crippen molar-refractivity contribution in [2.24, 2.45) is 0 Å². The Hall–Kier alpha value is -3.01. The third-order valence-corrected chi connectivity index (χ3v) is 3.60. The Kier molecular flexibility index (Phi) is 3.12. The number of hydrogen-bond acceptors (Lipinski definition) is 3. The van der Waals surface area contributed by atoms with Crippen LogP contribution >= 0.6 is 0 Å². The molecule has 0 spiro atoms. The number of aromatic nitrogens is 4. The molecule has 1 N–H and O–H groups in total. The molecule has 0 aliphatic heterocycles. The number of benzene rings is 2. The summed E-state index contributed by atoms with van der Waals surface area (Å²) in [6.07, 6.45) is 2.32. The summed E-state index contributed by atoms with van der Waals surface area (Å²) in [6, 6.07) is 20.4. The van der Waals surface area contributed by atoms with Gasteiger partial charge in [0.2, 0.25) is 0 Å². The molecule has 2 aromatic carbocycles. The molecular weight excluding hydrogens is 272 g/mol. The number of rotatable bonds is 3. The first-order chi connectivity index (χ1) is 10.9. The topological polar surface area (TPSA) is 54.5 Å². The van der Waals surface area contributed by atoms with Crippen molar-refractivity contribution in [2.45, 2.75) is 6.42 Å². The molecule has 2 heterocycles. The molecule has 22 heavy (non-hydrogen) atoms. The van der Waals surface area contributed by atoms with Crippen molar-refractivity contribution in [1.29, 1.82) is 0 Å². The van der Waals surface area contributed by atoms with Crippen LogP contribution in [0, 0.1) is 0 Å². The van der Waals surface area contributed by atoms with Crippen molar-refractivity contribution in [2.75, 3.05) is 0 Å². The molecule has 4 heteroatoms.